The van der Waals surface area contributed by atoms with E-state index in [0.29, 0.717) is 77.6 Å². The van der Waals surface area contributed by atoms with Crippen LogP contribution in [0.4, 0.5) is 50.8 Å². The van der Waals surface area contributed by atoms with Gasteiger partial charge in [0.25, 0.3) is 5.56 Å². The molecule has 2 aliphatic carbocycles. The molecule has 14 nitrogen and oxygen atoms in total. The van der Waals surface area contributed by atoms with Crippen LogP contribution in [0.25, 0.3) is 21.8 Å². The van der Waals surface area contributed by atoms with Gasteiger partial charge < -0.3 is 30.2 Å². The molecular weight excluding hydrogens is 839 g/mol. The summed E-state index contributed by atoms with van der Waals surface area (Å²) in [5.41, 5.74) is 1.70. The highest BCUT2D eigenvalue weighted by atomic mass is 35.5. The van der Waals surface area contributed by atoms with Crippen LogP contribution in [0.3, 0.4) is 0 Å². The number of imide groups is 1. The first-order valence-electron chi connectivity index (χ1n) is 20.6. The molecule has 2 saturated heterocycles. The maximum atomic E-state index is 15.2. The first-order valence-corrected chi connectivity index (χ1v) is 21.0. The van der Waals surface area contributed by atoms with E-state index in [0.717, 1.165) is 0 Å². The number of aromatic nitrogens is 5. The second kappa shape index (κ2) is 14.4. The normalized spacial score (nSPS) is 24.5. The van der Waals surface area contributed by atoms with E-state index in [-0.39, 0.29) is 59.3 Å². The molecule has 20 heteroatoms. The predicted octanol–water partition coefficient (Wildman–Crippen LogP) is 7.00. The number of hydrogen-bond donors (Lipinski definition) is 4. The Morgan fingerprint density at radius 1 is 0.968 bits per heavy atom. The smallest absolute Gasteiger partial charge is 0.393 e. The molecule has 62 heavy (non-hydrogen) atoms. The van der Waals surface area contributed by atoms with E-state index in [2.05, 4.69) is 36.3 Å². The SMILES string of the molecule is Cn1nc(C2CCC(=O)NC2=O)c2ccc(N[C@H]3CCC4(C[C@H]3C(F)(F)F)CN(c3ncc(Cl)c(Nc5ccc6c(c5)c5c(c(=O)n6C)OCC(F)(F)[C@H](C6CC6)N5)n3)C4)cc21. The Labute approximate surface area is 355 Å². The van der Waals surface area contributed by atoms with Crippen LogP contribution in [0.2, 0.25) is 5.02 Å². The maximum absolute atomic E-state index is 15.2. The summed E-state index contributed by atoms with van der Waals surface area (Å²) in [6.07, 6.45) is -0.518. The monoisotopic (exact) mass is 880 g/mol. The lowest BCUT2D eigenvalue weighted by molar-refractivity contribution is -0.196. The molecule has 4 N–H and O–H groups in total. The number of pyridine rings is 1. The van der Waals surface area contributed by atoms with E-state index < -0.39 is 59.5 Å². The van der Waals surface area contributed by atoms with Crippen LogP contribution in [0.5, 0.6) is 5.75 Å². The summed E-state index contributed by atoms with van der Waals surface area (Å²) in [6, 6.07) is 8.22. The summed E-state index contributed by atoms with van der Waals surface area (Å²) in [5.74, 6) is -6.08. The van der Waals surface area contributed by atoms with Crippen molar-refractivity contribution in [2.75, 3.05) is 40.5 Å². The highest BCUT2D eigenvalue weighted by molar-refractivity contribution is 6.33. The highest BCUT2D eigenvalue weighted by Crippen LogP contribution is 2.52. The maximum Gasteiger partial charge on any atom is 0.393 e. The third kappa shape index (κ3) is 7.01. The van der Waals surface area contributed by atoms with Gasteiger partial charge in [0.05, 0.1) is 46.5 Å². The molecule has 1 spiro atoms. The molecule has 10 rings (SSSR count). The van der Waals surface area contributed by atoms with Crippen molar-refractivity contribution in [3.63, 3.8) is 0 Å². The first-order chi connectivity index (χ1) is 29.5. The van der Waals surface area contributed by atoms with E-state index in [1.165, 1.54) is 10.8 Å². The van der Waals surface area contributed by atoms with Crippen LogP contribution in [0, 0.1) is 17.3 Å². The van der Waals surface area contributed by atoms with Crippen molar-refractivity contribution in [1.82, 2.24) is 29.6 Å². The van der Waals surface area contributed by atoms with Crippen LogP contribution in [0.15, 0.2) is 47.4 Å². The molecule has 3 aliphatic heterocycles. The van der Waals surface area contributed by atoms with E-state index in [1.807, 2.05) is 4.90 Å². The minimum absolute atomic E-state index is 0.0911. The zero-order valence-electron chi connectivity index (χ0n) is 33.6. The van der Waals surface area contributed by atoms with Crippen molar-refractivity contribution in [2.45, 2.75) is 75.0 Å². The van der Waals surface area contributed by atoms with E-state index in [9.17, 15) is 27.6 Å². The molecule has 0 radical (unpaired) electrons. The zero-order chi connectivity index (χ0) is 43.5. The molecular formula is C42H42ClF5N10O4. The first kappa shape index (κ1) is 40.4. The number of carbonyl (C=O) groups excluding carboxylic acids is 2. The molecule has 4 atom stereocenters. The number of aryl methyl sites for hydroxylation is 2. The average molecular weight is 881 g/mol. The van der Waals surface area contributed by atoms with E-state index in [4.69, 9.17) is 16.3 Å². The number of benzene rings is 2. The largest absolute Gasteiger partial charge is 0.480 e. The number of anilines is 5. The van der Waals surface area contributed by atoms with Crippen molar-refractivity contribution in [1.29, 1.82) is 0 Å². The zero-order valence-corrected chi connectivity index (χ0v) is 34.3. The number of fused-ring (bicyclic) bond motifs is 4. The lowest BCUT2D eigenvalue weighted by Crippen LogP contribution is -2.62. The van der Waals surface area contributed by atoms with Gasteiger partial charge in [0.15, 0.2) is 12.4 Å². The standard InChI is InChI=1S/C42H42ClF5N10O4/c1-56-29-9-6-21(13-25(29)33-34(38(56)61)62-19-41(44,45)35(53-33)20-3-4-20)51-36-27(43)16-49-39(54-36)58-17-40(18-58)12-11-28(26(15-40)42(46,47)48)50-22-5-7-23-30(14-22)57(2)55-32(23)24-8-10-31(59)52-37(24)60/h5-7,9,13-14,16,20,24,26,28,35,50,53H,3-4,8,10-12,15,17-19H2,1-2H3,(H,49,51,54)(H,52,59,60)/t24?,26-,28+,35+/m1/s1. The Bertz CT molecular complexity index is 2730. The van der Waals surface area contributed by atoms with Gasteiger partial charge in [-0.2, -0.15) is 23.3 Å². The van der Waals surface area contributed by atoms with Crippen molar-refractivity contribution >= 4 is 74.0 Å². The van der Waals surface area contributed by atoms with Gasteiger partial charge in [-0.15, -0.1) is 0 Å². The molecule has 0 bridgehead atoms. The molecule has 326 valence electrons. The van der Waals surface area contributed by atoms with Crippen molar-refractivity contribution in [3.05, 3.63) is 63.7 Å². The van der Waals surface area contributed by atoms with Crippen LogP contribution in [-0.4, -0.2) is 80.0 Å². The Morgan fingerprint density at radius 2 is 1.74 bits per heavy atom. The molecule has 4 fully saturated rings. The fourth-order valence-corrected chi connectivity index (χ4v) is 10.0. The Balaban J connectivity index is 0.845. The number of alkyl halides is 5. The average Bonchev–Trinajstić information content (AvgIpc) is 4.02. The molecule has 6 heterocycles. The number of rotatable bonds is 7. The van der Waals surface area contributed by atoms with Gasteiger partial charge in [0, 0.05) is 67.2 Å². The lowest BCUT2D eigenvalue weighted by Gasteiger charge is -2.55. The van der Waals surface area contributed by atoms with Gasteiger partial charge in [0.2, 0.25) is 23.5 Å². The number of ether oxygens (including phenoxy) is 1. The summed E-state index contributed by atoms with van der Waals surface area (Å²) in [4.78, 5) is 48.4. The fraction of sp³-hybridized carbons (Fsp3) is 0.476. The lowest BCUT2D eigenvalue weighted by atomic mass is 9.63. The van der Waals surface area contributed by atoms with Crippen molar-refractivity contribution in [2.24, 2.45) is 31.3 Å². The van der Waals surface area contributed by atoms with Gasteiger partial charge in [-0.05, 0) is 80.8 Å². The van der Waals surface area contributed by atoms with Gasteiger partial charge in [-0.1, -0.05) is 11.6 Å². The second-order valence-corrected chi connectivity index (χ2v) is 18.0. The highest BCUT2D eigenvalue weighted by Gasteiger charge is 2.56. The van der Waals surface area contributed by atoms with Gasteiger partial charge in [-0.25, -0.2) is 13.8 Å². The summed E-state index contributed by atoms with van der Waals surface area (Å²) >= 11 is 6.56. The van der Waals surface area contributed by atoms with Crippen molar-refractivity contribution < 1.29 is 36.3 Å². The quantitative estimate of drug-likeness (QED) is 0.0985. The van der Waals surface area contributed by atoms with E-state index in [1.54, 1.807) is 55.2 Å². The van der Waals surface area contributed by atoms with E-state index >= 15 is 8.78 Å². The Hall–Kier alpha value is -5.72. The van der Waals surface area contributed by atoms with Crippen LogP contribution in [0.1, 0.15) is 56.6 Å². The number of halogens is 6. The molecule has 1 unspecified atom stereocenters. The second-order valence-electron chi connectivity index (χ2n) is 17.5. The fourth-order valence-electron chi connectivity index (χ4n) is 9.90. The topological polar surface area (TPSA) is 160 Å². The third-order valence-corrected chi connectivity index (χ3v) is 13.6. The molecule has 5 aliphatic rings. The minimum atomic E-state index is -4.47. The van der Waals surface area contributed by atoms with Crippen LogP contribution < -0.4 is 36.5 Å². The molecule has 2 aromatic carbocycles. The molecule has 5 aromatic rings. The summed E-state index contributed by atoms with van der Waals surface area (Å²) < 4.78 is 83.2. The third-order valence-electron chi connectivity index (χ3n) is 13.3. The molecule has 3 aromatic heterocycles. The number of piperidine rings is 1. The van der Waals surface area contributed by atoms with Crippen molar-refractivity contribution in [3.8, 4) is 5.75 Å². The summed E-state index contributed by atoms with van der Waals surface area (Å²) in [5, 5.41) is 17.6. The number of carbonyl (C=O) groups is 2. The summed E-state index contributed by atoms with van der Waals surface area (Å²) in [7, 11) is 3.25. The molecule has 2 amide bonds. The number of hydrogen-bond acceptors (Lipinski definition) is 11. The van der Waals surface area contributed by atoms with Gasteiger partial charge in [0.1, 0.15) is 5.02 Å². The van der Waals surface area contributed by atoms with Gasteiger partial charge >= 0.3 is 12.1 Å². The number of nitrogens with zero attached hydrogens (tertiary/aromatic N) is 6. The minimum Gasteiger partial charge on any atom is -0.480 e. The molecule has 2 saturated carbocycles. The Kier molecular flexibility index (Phi) is 9.39. The number of nitrogens with one attached hydrogen (secondary N) is 4. The van der Waals surface area contributed by atoms with Gasteiger partial charge in [-0.3, -0.25) is 24.4 Å². The van der Waals surface area contributed by atoms with Crippen LogP contribution in [-0.2, 0) is 23.7 Å². The summed E-state index contributed by atoms with van der Waals surface area (Å²) in [6.45, 7) is -0.294. The predicted molar refractivity (Wildman–Crippen MR) is 221 cm³/mol. The number of amides is 2. The van der Waals surface area contributed by atoms with Crippen LogP contribution >= 0.6 is 11.6 Å². The Morgan fingerprint density at radius 3 is 2.48 bits per heavy atom.